The maximum atomic E-state index is 11.2. The van der Waals surface area contributed by atoms with Crippen LogP contribution in [0.3, 0.4) is 0 Å². The van der Waals surface area contributed by atoms with Crippen LogP contribution in [-0.4, -0.2) is 27.1 Å². The summed E-state index contributed by atoms with van der Waals surface area (Å²) >= 11 is 3.03. The molecular weight excluding hydrogens is 282 g/mol. The van der Waals surface area contributed by atoms with Crippen LogP contribution in [0.25, 0.3) is 0 Å². The van der Waals surface area contributed by atoms with Crippen LogP contribution in [0.5, 0.6) is 0 Å². The Labute approximate surface area is 99.7 Å². The Balaban J connectivity index is 2.96. The molecule has 0 spiro atoms. The fourth-order valence-electron chi connectivity index (χ4n) is 1.16. The molecule has 0 saturated heterocycles. The molecule has 0 bridgehead atoms. The van der Waals surface area contributed by atoms with Crippen molar-refractivity contribution in [1.29, 1.82) is 0 Å². The van der Waals surface area contributed by atoms with Crippen molar-refractivity contribution in [3.05, 3.63) is 20.5 Å². The summed E-state index contributed by atoms with van der Waals surface area (Å²) in [5.41, 5.74) is 0. The second-order valence-electron chi connectivity index (χ2n) is 2.92. The van der Waals surface area contributed by atoms with E-state index in [9.17, 15) is 14.9 Å². The van der Waals surface area contributed by atoms with Gasteiger partial charge in [-0.15, -0.1) is 0 Å². The van der Waals surface area contributed by atoms with Crippen molar-refractivity contribution >= 4 is 27.7 Å². The van der Waals surface area contributed by atoms with Crippen LogP contribution in [0.2, 0.25) is 0 Å². The summed E-state index contributed by atoms with van der Waals surface area (Å²) in [7, 11) is 0. The number of carbonyl (C=O) groups excluding carboxylic acids is 1. The molecule has 0 aliphatic heterocycles. The molecule has 0 aliphatic rings. The van der Waals surface area contributed by atoms with Gasteiger partial charge >= 0.3 is 11.8 Å². The van der Waals surface area contributed by atoms with E-state index < -0.39 is 10.9 Å². The van der Waals surface area contributed by atoms with Gasteiger partial charge in [0.05, 0.1) is 6.61 Å². The third-order valence-electron chi connectivity index (χ3n) is 1.85. The van der Waals surface area contributed by atoms with Crippen LogP contribution in [0, 0.1) is 17.0 Å². The SMILES string of the molecule is CCOC(=O)Cn1c(C)nc([N+](=O)[O-])c1Br. The van der Waals surface area contributed by atoms with Gasteiger partial charge in [0.25, 0.3) is 0 Å². The minimum Gasteiger partial charge on any atom is -0.465 e. The molecule has 0 aliphatic carbocycles. The molecule has 1 aromatic heterocycles. The normalized spacial score (nSPS) is 10.2. The lowest BCUT2D eigenvalue weighted by Gasteiger charge is -2.03. The monoisotopic (exact) mass is 291 g/mol. The van der Waals surface area contributed by atoms with Gasteiger partial charge in [0.1, 0.15) is 6.54 Å². The molecule has 0 saturated carbocycles. The van der Waals surface area contributed by atoms with E-state index in [0.717, 1.165) is 0 Å². The first kappa shape index (κ1) is 12.6. The van der Waals surface area contributed by atoms with Crippen molar-refractivity contribution in [2.24, 2.45) is 0 Å². The Kier molecular flexibility index (Phi) is 3.99. The van der Waals surface area contributed by atoms with Crippen molar-refractivity contribution in [2.75, 3.05) is 6.61 Å². The highest BCUT2D eigenvalue weighted by atomic mass is 79.9. The minimum absolute atomic E-state index is 0.0961. The fraction of sp³-hybridized carbons (Fsp3) is 0.500. The third kappa shape index (κ3) is 2.57. The zero-order chi connectivity index (χ0) is 12.3. The smallest absolute Gasteiger partial charge is 0.396 e. The molecule has 8 heteroatoms. The second kappa shape index (κ2) is 5.06. The summed E-state index contributed by atoms with van der Waals surface area (Å²) in [5, 5.41) is 10.6. The first-order valence-electron chi connectivity index (χ1n) is 4.50. The van der Waals surface area contributed by atoms with Crippen LogP contribution in [0.4, 0.5) is 5.82 Å². The van der Waals surface area contributed by atoms with Crippen LogP contribution in [0.15, 0.2) is 4.60 Å². The topological polar surface area (TPSA) is 87.3 Å². The molecule has 0 N–H and O–H groups in total. The lowest BCUT2D eigenvalue weighted by Crippen LogP contribution is -2.14. The first-order chi connectivity index (χ1) is 7.47. The standard InChI is InChI=1S/C8H10BrN3O4/c1-3-16-6(13)4-11-5(2)10-8(7(11)9)12(14)15/h3-4H2,1-2H3. The molecule has 16 heavy (non-hydrogen) atoms. The number of imidazole rings is 1. The molecule has 0 atom stereocenters. The summed E-state index contributed by atoms with van der Waals surface area (Å²) in [6.45, 7) is 3.44. The molecule has 1 rings (SSSR count). The Morgan fingerprint density at radius 2 is 2.31 bits per heavy atom. The van der Waals surface area contributed by atoms with E-state index in [4.69, 9.17) is 4.74 Å². The lowest BCUT2D eigenvalue weighted by atomic mass is 10.6. The number of aryl methyl sites for hydroxylation is 1. The number of nitrogens with zero attached hydrogens (tertiary/aromatic N) is 3. The van der Waals surface area contributed by atoms with Crippen molar-refractivity contribution in [1.82, 2.24) is 9.55 Å². The van der Waals surface area contributed by atoms with Gasteiger partial charge in [-0.25, -0.2) is 0 Å². The average molecular weight is 292 g/mol. The zero-order valence-corrected chi connectivity index (χ0v) is 10.4. The summed E-state index contributed by atoms with van der Waals surface area (Å²) < 4.78 is 6.30. The first-order valence-corrected chi connectivity index (χ1v) is 5.29. The maximum Gasteiger partial charge on any atom is 0.396 e. The average Bonchev–Trinajstić information content (AvgIpc) is 2.46. The van der Waals surface area contributed by atoms with Gasteiger partial charge in [0, 0.05) is 6.92 Å². The Hall–Kier alpha value is -1.44. The van der Waals surface area contributed by atoms with E-state index in [2.05, 4.69) is 20.9 Å². The fourth-order valence-corrected chi connectivity index (χ4v) is 1.77. The number of ether oxygens (including phenoxy) is 1. The highest BCUT2D eigenvalue weighted by Crippen LogP contribution is 2.25. The van der Waals surface area contributed by atoms with Crippen molar-refractivity contribution in [2.45, 2.75) is 20.4 Å². The Bertz CT molecular complexity index is 429. The molecule has 1 aromatic rings. The van der Waals surface area contributed by atoms with E-state index in [0.29, 0.717) is 5.82 Å². The zero-order valence-electron chi connectivity index (χ0n) is 8.77. The van der Waals surface area contributed by atoms with Crippen molar-refractivity contribution in [3.63, 3.8) is 0 Å². The number of nitro groups is 1. The number of hydrogen-bond donors (Lipinski definition) is 0. The van der Waals surface area contributed by atoms with Gasteiger partial charge in [-0.2, -0.15) is 0 Å². The van der Waals surface area contributed by atoms with Gasteiger partial charge in [-0.3, -0.25) is 9.36 Å². The summed E-state index contributed by atoms with van der Waals surface area (Å²) in [6.07, 6.45) is 0. The number of aromatic nitrogens is 2. The number of esters is 1. The maximum absolute atomic E-state index is 11.2. The molecule has 0 fully saturated rings. The van der Waals surface area contributed by atoms with Gasteiger partial charge in [-0.05, 0) is 32.8 Å². The van der Waals surface area contributed by atoms with Crippen molar-refractivity contribution in [3.8, 4) is 0 Å². The van der Waals surface area contributed by atoms with Crippen LogP contribution in [-0.2, 0) is 16.1 Å². The lowest BCUT2D eigenvalue weighted by molar-refractivity contribution is -0.390. The van der Waals surface area contributed by atoms with E-state index in [-0.39, 0.29) is 23.6 Å². The highest BCUT2D eigenvalue weighted by molar-refractivity contribution is 9.10. The summed E-state index contributed by atoms with van der Waals surface area (Å²) in [4.78, 5) is 24.9. The van der Waals surface area contributed by atoms with Crippen LogP contribution < -0.4 is 0 Å². The number of rotatable bonds is 4. The summed E-state index contributed by atoms with van der Waals surface area (Å²) in [5.74, 6) is -0.382. The van der Waals surface area contributed by atoms with Crippen LogP contribution in [0.1, 0.15) is 12.7 Å². The van der Waals surface area contributed by atoms with Gasteiger partial charge in [-0.1, -0.05) is 0 Å². The van der Waals surface area contributed by atoms with Gasteiger partial charge in [0.15, 0.2) is 4.60 Å². The molecular formula is C8H10BrN3O4. The Morgan fingerprint density at radius 3 is 2.75 bits per heavy atom. The predicted molar refractivity (Wildman–Crippen MR) is 58.0 cm³/mol. The van der Waals surface area contributed by atoms with E-state index >= 15 is 0 Å². The Morgan fingerprint density at radius 1 is 1.69 bits per heavy atom. The molecule has 7 nitrogen and oxygen atoms in total. The number of carbonyl (C=O) groups is 1. The minimum atomic E-state index is -0.612. The van der Waals surface area contributed by atoms with Gasteiger partial charge < -0.3 is 14.9 Å². The molecule has 0 unspecified atom stereocenters. The molecule has 1 heterocycles. The largest absolute Gasteiger partial charge is 0.465 e. The second-order valence-corrected chi connectivity index (χ2v) is 3.67. The van der Waals surface area contributed by atoms with E-state index in [1.807, 2.05) is 0 Å². The van der Waals surface area contributed by atoms with E-state index in [1.54, 1.807) is 13.8 Å². The summed E-state index contributed by atoms with van der Waals surface area (Å²) in [6, 6.07) is 0. The quantitative estimate of drug-likeness (QED) is 0.476. The van der Waals surface area contributed by atoms with E-state index in [1.165, 1.54) is 4.57 Å². The van der Waals surface area contributed by atoms with Gasteiger partial charge in [0.2, 0.25) is 5.82 Å². The molecule has 0 aromatic carbocycles. The third-order valence-corrected chi connectivity index (χ3v) is 2.63. The highest BCUT2D eigenvalue weighted by Gasteiger charge is 2.24. The number of halogens is 1. The predicted octanol–water partition coefficient (Wildman–Crippen LogP) is 1.43. The molecule has 0 radical (unpaired) electrons. The molecule has 88 valence electrons. The van der Waals surface area contributed by atoms with Crippen LogP contribution >= 0.6 is 15.9 Å². The molecule has 0 amide bonds. The number of hydrogen-bond acceptors (Lipinski definition) is 5. The van der Waals surface area contributed by atoms with Crippen molar-refractivity contribution < 1.29 is 14.5 Å².